The zero-order valence-electron chi connectivity index (χ0n) is 12.1. The zero-order chi connectivity index (χ0) is 13.2. The highest BCUT2D eigenvalue weighted by Crippen LogP contribution is 2.49. The smallest absolute Gasteiger partial charge is 0.118 e. The first-order chi connectivity index (χ1) is 9.26. The van der Waals surface area contributed by atoms with Crippen LogP contribution < -0.4 is 10.1 Å². The van der Waals surface area contributed by atoms with Crippen LogP contribution in [0, 0.1) is 17.8 Å². The van der Waals surface area contributed by atoms with Crippen LogP contribution in [-0.4, -0.2) is 13.2 Å². The standard InChI is InChI=1S/C17H25NO/c1-12(17-10-14-3-6-15(17)9-14)18-11-13-4-7-16(19-2)8-5-13/h4-5,7-8,12,14-15,17-18H,3,6,9-11H2,1-2H3/t12-,14-,15-,17+/m0/s1. The molecule has 0 aliphatic heterocycles. The summed E-state index contributed by atoms with van der Waals surface area (Å²) in [7, 11) is 1.71. The van der Waals surface area contributed by atoms with Gasteiger partial charge in [0, 0.05) is 12.6 Å². The highest BCUT2D eigenvalue weighted by Gasteiger charge is 2.41. The molecule has 2 aliphatic carbocycles. The summed E-state index contributed by atoms with van der Waals surface area (Å²) >= 11 is 0. The van der Waals surface area contributed by atoms with Gasteiger partial charge in [0.1, 0.15) is 5.75 Å². The molecule has 0 radical (unpaired) electrons. The van der Waals surface area contributed by atoms with E-state index in [-0.39, 0.29) is 0 Å². The molecule has 2 nitrogen and oxygen atoms in total. The van der Waals surface area contributed by atoms with Crippen molar-refractivity contribution in [3.63, 3.8) is 0 Å². The Kier molecular flexibility index (Phi) is 3.79. The van der Waals surface area contributed by atoms with Gasteiger partial charge in [-0.25, -0.2) is 0 Å². The van der Waals surface area contributed by atoms with E-state index in [0.29, 0.717) is 6.04 Å². The summed E-state index contributed by atoms with van der Waals surface area (Å²) in [5.41, 5.74) is 1.34. The summed E-state index contributed by atoms with van der Waals surface area (Å²) in [5.74, 6) is 3.89. The van der Waals surface area contributed by atoms with Crippen LogP contribution in [0.25, 0.3) is 0 Å². The summed E-state index contributed by atoms with van der Waals surface area (Å²) in [5, 5.41) is 3.72. The fraction of sp³-hybridized carbons (Fsp3) is 0.647. The lowest BCUT2D eigenvalue weighted by Crippen LogP contribution is -2.35. The van der Waals surface area contributed by atoms with Crippen molar-refractivity contribution < 1.29 is 4.74 Å². The van der Waals surface area contributed by atoms with Crippen LogP contribution in [0.2, 0.25) is 0 Å². The van der Waals surface area contributed by atoms with Gasteiger partial charge in [0.15, 0.2) is 0 Å². The number of rotatable bonds is 5. The molecule has 0 unspecified atom stereocenters. The van der Waals surface area contributed by atoms with Crippen LogP contribution in [0.5, 0.6) is 5.75 Å². The first-order valence-electron chi connectivity index (χ1n) is 7.62. The molecular weight excluding hydrogens is 234 g/mol. The van der Waals surface area contributed by atoms with Gasteiger partial charge in [-0.1, -0.05) is 18.6 Å². The molecule has 2 aliphatic rings. The number of hydrogen-bond donors (Lipinski definition) is 1. The van der Waals surface area contributed by atoms with Crippen molar-refractivity contribution in [1.29, 1.82) is 0 Å². The van der Waals surface area contributed by atoms with Crippen molar-refractivity contribution in [3.8, 4) is 5.75 Å². The van der Waals surface area contributed by atoms with Crippen LogP contribution in [0.1, 0.15) is 38.2 Å². The van der Waals surface area contributed by atoms with E-state index in [0.717, 1.165) is 30.0 Å². The molecule has 4 atom stereocenters. The van der Waals surface area contributed by atoms with Gasteiger partial charge in [0.25, 0.3) is 0 Å². The highest BCUT2D eigenvalue weighted by molar-refractivity contribution is 5.27. The normalized spacial score (nSPS) is 30.5. The number of methoxy groups -OCH3 is 1. The van der Waals surface area contributed by atoms with Gasteiger partial charge in [-0.2, -0.15) is 0 Å². The van der Waals surface area contributed by atoms with E-state index in [1.165, 1.54) is 31.2 Å². The molecular formula is C17H25NO. The lowest BCUT2D eigenvalue weighted by molar-refractivity contribution is 0.259. The quantitative estimate of drug-likeness (QED) is 0.872. The summed E-state index contributed by atoms with van der Waals surface area (Å²) < 4.78 is 5.19. The average Bonchev–Trinajstić information content (AvgIpc) is 3.08. The largest absolute Gasteiger partial charge is 0.497 e. The molecule has 1 aromatic carbocycles. The van der Waals surface area contributed by atoms with E-state index in [9.17, 15) is 0 Å². The summed E-state index contributed by atoms with van der Waals surface area (Å²) in [6.07, 6.45) is 5.93. The number of hydrogen-bond acceptors (Lipinski definition) is 2. The summed E-state index contributed by atoms with van der Waals surface area (Å²) in [6, 6.07) is 9.04. The lowest BCUT2D eigenvalue weighted by Gasteiger charge is -2.28. The highest BCUT2D eigenvalue weighted by atomic mass is 16.5. The minimum Gasteiger partial charge on any atom is -0.497 e. The molecule has 1 N–H and O–H groups in total. The van der Waals surface area contributed by atoms with Gasteiger partial charge in [-0.15, -0.1) is 0 Å². The molecule has 19 heavy (non-hydrogen) atoms. The van der Waals surface area contributed by atoms with Gasteiger partial charge < -0.3 is 10.1 Å². The van der Waals surface area contributed by atoms with Crippen molar-refractivity contribution in [2.45, 2.75) is 45.2 Å². The van der Waals surface area contributed by atoms with E-state index in [1.807, 2.05) is 12.1 Å². The lowest BCUT2D eigenvalue weighted by atomic mass is 9.84. The van der Waals surface area contributed by atoms with Crippen molar-refractivity contribution in [2.24, 2.45) is 17.8 Å². The van der Waals surface area contributed by atoms with Gasteiger partial charge in [0.2, 0.25) is 0 Å². The molecule has 0 heterocycles. The van der Waals surface area contributed by atoms with Crippen LogP contribution in [-0.2, 0) is 6.54 Å². The second-order valence-corrected chi connectivity index (χ2v) is 6.36. The van der Waals surface area contributed by atoms with Crippen molar-refractivity contribution in [3.05, 3.63) is 29.8 Å². The van der Waals surface area contributed by atoms with Gasteiger partial charge >= 0.3 is 0 Å². The average molecular weight is 259 g/mol. The van der Waals surface area contributed by atoms with Crippen LogP contribution in [0.15, 0.2) is 24.3 Å². The first kappa shape index (κ1) is 13.0. The molecule has 2 bridgehead atoms. The number of nitrogens with one attached hydrogen (secondary N) is 1. The number of benzene rings is 1. The van der Waals surface area contributed by atoms with E-state index in [2.05, 4.69) is 24.4 Å². The molecule has 0 saturated heterocycles. The molecule has 2 heteroatoms. The first-order valence-corrected chi connectivity index (χ1v) is 7.62. The Balaban J connectivity index is 1.51. The maximum Gasteiger partial charge on any atom is 0.118 e. The minimum atomic E-state index is 0.650. The molecule has 0 aromatic heterocycles. The molecule has 104 valence electrons. The third-order valence-corrected chi connectivity index (χ3v) is 5.22. The monoisotopic (exact) mass is 259 g/mol. The van der Waals surface area contributed by atoms with Crippen LogP contribution in [0.3, 0.4) is 0 Å². The second-order valence-electron chi connectivity index (χ2n) is 6.36. The Bertz CT molecular complexity index is 414. The zero-order valence-corrected chi connectivity index (χ0v) is 12.1. The predicted molar refractivity (Wildman–Crippen MR) is 78.2 cm³/mol. The predicted octanol–water partition coefficient (Wildman–Crippen LogP) is 3.61. The fourth-order valence-corrected chi connectivity index (χ4v) is 4.08. The summed E-state index contributed by atoms with van der Waals surface area (Å²) in [6.45, 7) is 3.34. The Morgan fingerprint density at radius 2 is 2.00 bits per heavy atom. The number of ether oxygens (including phenoxy) is 1. The van der Waals surface area contributed by atoms with E-state index in [4.69, 9.17) is 4.74 Å². The minimum absolute atomic E-state index is 0.650. The SMILES string of the molecule is COc1ccc(CN[C@@H](C)[C@H]2C[C@H]3CC[C@H]2C3)cc1. The number of fused-ring (bicyclic) bond motifs is 2. The molecule has 0 spiro atoms. The van der Waals surface area contributed by atoms with Crippen molar-refractivity contribution in [1.82, 2.24) is 5.32 Å². The Morgan fingerprint density at radius 1 is 1.21 bits per heavy atom. The molecule has 0 amide bonds. The van der Waals surface area contributed by atoms with E-state index in [1.54, 1.807) is 7.11 Å². The Morgan fingerprint density at radius 3 is 2.58 bits per heavy atom. The maximum atomic E-state index is 5.19. The molecule has 3 rings (SSSR count). The topological polar surface area (TPSA) is 21.3 Å². The van der Waals surface area contributed by atoms with Gasteiger partial charge in [0.05, 0.1) is 7.11 Å². The maximum absolute atomic E-state index is 5.19. The second kappa shape index (κ2) is 5.54. The molecule has 1 aromatic rings. The fourth-order valence-electron chi connectivity index (χ4n) is 4.08. The summed E-state index contributed by atoms with van der Waals surface area (Å²) in [4.78, 5) is 0. The molecule has 2 saturated carbocycles. The van der Waals surface area contributed by atoms with Gasteiger partial charge in [-0.05, 0) is 61.6 Å². The molecule has 2 fully saturated rings. The van der Waals surface area contributed by atoms with Crippen molar-refractivity contribution >= 4 is 0 Å². The third-order valence-electron chi connectivity index (χ3n) is 5.22. The van der Waals surface area contributed by atoms with Crippen LogP contribution >= 0.6 is 0 Å². The Labute approximate surface area is 116 Å². The van der Waals surface area contributed by atoms with Gasteiger partial charge in [-0.3, -0.25) is 0 Å². The van der Waals surface area contributed by atoms with E-state index >= 15 is 0 Å². The third kappa shape index (κ3) is 2.79. The Hall–Kier alpha value is -1.02. The van der Waals surface area contributed by atoms with Crippen molar-refractivity contribution in [2.75, 3.05) is 7.11 Å². The van der Waals surface area contributed by atoms with E-state index < -0.39 is 0 Å². The van der Waals surface area contributed by atoms with Crippen LogP contribution in [0.4, 0.5) is 0 Å².